The molecule has 0 aliphatic rings. The van der Waals surface area contributed by atoms with Crippen LogP contribution < -0.4 is 0 Å². The maximum atomic E-state index is 14.2. The minimum absolute atomic E-state index is 0.0768. The second-order valence-electron chi connectivity index (χ2n) is 9.13. The van der Waals surface area contributed by atoms with E-state index in [4.69, 9.17) is 4.74 Å². The van der Waals surface area contributed by atoms with Crippen molar-refractivity contribution in [2.75, 3.05) is 12.8 Å². The third-order valence-corrected chi connectivity index (χ3v) is 7.83. The second-order valence-corrected chi connectivity index (χ2v) is 11.7. The highest BCUT2D eigenvalue weighted by molar-refractivity contribution is 7.96. The molecule has 0 fully saturated rings. The molecule has 5 nitrogen and oxygen atoms in total. The Bertz CT molecular complexity index is 1010. The lowest BCUT2D eigenvalue weighted by molar-refractivity contribution is -0.141. The Balaban J connectivity index is 2.66. The van der Waals surface area contributed by atoms with Gasteiger partial charge in [-0.1, -0.05) is 49.2 Å². The Hall–Kier alpha value is -2.52. The predicted molar refractivity (Wildman–Crippen MR) is 128 cm³/mol. The van der Waals surface area contributed by atoms with Crippen LogP contribution in [0.1, 0.15) is 67.9 Å². The summed E-state index contributed by atoms with van der Waals surface area (Å²) in [6.07, 6.45) is -0.739. The van der Waals surface area contributed by atoms with Gasteiger partial charge in [0.25, 0.3) is 0 Å². The highest BCUT2D eigenvalue weighted by atomic mass is 31.2. The average Bonchev–Trinajstić information content (AvgIpc) is 2.64. The molecular weight excluding hydrogens is 423 g/mol. The molecule has 2 aromatic carbocycles. The van der Waals surface area contributed by atoms with Gasteiger partial charge in [0.1, 0.15) is 6.16 Å². The number of rotatable bonds is 8. The molecule has 172 valence electrons. The van der Waals surface area contributed by atoms with Crippen molar-refractivity contribution in [1.82, 2.24) is 0 Å². The van der Waals surface area contributed by atoms with E-state index in [-0.39, 0.29) is 23.7 Å². The van der Waals surface area contributed by atoms with E-state index in [0.717, 1.165) is 11.1 Å². The van der Waals surface area contributed by atoms with Gasteiger partial charge in [-0.25, -0.2) is 0 Å². The summed E-state index contributed by atoms with van der Waals surface area (Å²) in [5.74, 6) is -0.721. The highest BCUT2D eigenvalue weighted by Gasteiger charge is 2.45. The third kappa shape index (κ3) is 5.45. The number of esters is 1. The fourth-order valence-corrected chi connectivity index (χ4v) is 6.47. The molecule has 0 amide bonds. The van der Waals surface area contributed by atoms with Gasteiger partial charge in [0.05, 0.1) is 6.61 Å². The number of ether oxygens (including phenoxy) is 1. The van der Waals surface area contributed by atoms with Crippen molar-refractivity contribution in [3.63, 3.8) is 0 Å². The number of benzene rings is 2. The molecule has 0 N–H and O–H groups in total. The van der Waals surface area contributed by atoms with Crippen LogP contribution in [0.15, 0.2) is 24.3 Å². The van der Waals surface area contributed by atoms with Gasteiger partial charge in [-0.3, -0.25) is 14.4 Å². The molecule has 0 bridgehead atoms. The molecule has 0 unspecified atom stereocenters. The summed E-state index contributed by atoms with van der Waals surface area (Å²) in [4.78, 5) is 40.0. The largest absolute Gasteiger partial charge is 0.465 e. The Morgan fingerprint density at radius 1 is 0.750 bits per heavy atom. The number of aryl methyl sites for hydroxylation is 6. The Labute approximate surface area is 190 Å². The molecule has 0 aromatic heterocycles. The van der Waals surface area contributed by atoms with Gasteiger partial charge in [-0.05, 0) is 69.7 Å². The van der Waals surface area contributed by atoms with Crippen LogP contribution in [0.2, 0.25) is 0 Å². The lowest BCUT2D eigenvalue weighted by Gasteiger charge is -2.20. The fourth-order valence-electron chi connectivity index (χ4n) is 4.12. The zero-order valence-electron chi connectivity index (χ0n) is 20.3. The van der Waals surface area contributed by atoms with E-state index in [1.807, 2.05) is 52.0 Å². The van der Waals surface area contributed by atoms with Gasteiger partial charge in [0, 0.05) is 11.1 Å². The zero-order chi connectivity index (χ0) is 24.4. The van der Waals surface area contributed by atoms with Crippen molar-refractivity contribution < 1.29 is 23.7 Å². The molecule has 0 aliphatic heterocycles. The standard InChI is InChI=1S/C26H33O5P/c1-15(2)13-31-22(27)14-32(30,25(28)23-18(5)9-16(3)10-19(23)6)26(29)24-20(7)11-17(4)12-21(24)8/h9-12,15H,13-14H2,1-8H3. The van der Waals surface area contributed by atoms with Crippen LogP contribution in [0.3, 0.4) is 0 Å². The number of carbonyl (C=O) groups is 3. The van der Waals surface area contributed by atoms with Gasteiger partial charge in [0.2, 0.25) is 18.2 Å². The molecule has 0 atom stereocenters. The highest BCUT2D eigenvalue weighted by Crippen LogP contribution is 2.53. The summed E-state index contributed by atoms with van der Waals surface area (Å²) in [7, 11) is -4.35. The summed E-state index contributed by atoms with van der Waals surface area (Å²) < 4.78 is 19.5. The molecule has 6 heteroatoms. The molecule has 0 aliphatic carbocycles. The monoisotopic (exact) mass is 456 g/mol. The van der Waals surface area contributed by atoms with Crippen LogP contribution in [-0.4, -0.2) is 29.8 Å². The summed E-state index contributed by atoms with van der Waals surface area (Å²) in [6.45, 7) is 14.7. The van der Waals surface area contributed by atoms with Crippen LogP contribution in [0, 0.1) is 47.5 Å². The van der Waals surface area contributed by atoms with Gasteiger partial charge in [-0.2, -0.15) is 0 Å². The fraction of sp³-hybridized carbons (Fsp3) is 0.423. The second kappa shape index (κ2) is 9.95. The summed E-state index contributed by atoms with van der Waals surface area (Å²) in [5.41, 5.74) is 3.37. The van der Waals surface area contributed by atoms with E-state index < -0.39 is 30.3 Å². The van der Waals surface area contributed by atoms with Gasteiger partial charge < -0.3 is 9.30 Å². The molecule has 0 saturated carbocycles. The Morgan fingerprint density at radius 3 is 1.41 bits per heavy atom. The van der Waals surface area contributed by atoms with E-state index >= 15 is 0 Å². The van der Waals surface area contributed by atoms with Gasteiger partial charge in [0.15, 0.2) is 0 Å². The maximum absolute atomic E-state index is 14.2. The van der Waals surface area contributed by atoms with Gasteiger partial charge in [-0.15, -0.1) is 0 Å². The first-order valence-corrected chi connectivity index (χ1v) is 12.7. The van der Waals surface area contributed by atoms with E-state index in [1.54, 1.807) is 27.7 Å². The third-order valence-electron chi connectivity index (χ3n) is 5.37. The minimum atomic E-state index is -4.35. The predicted octanol–water partition coefficient (Wildman–Crippen LogP) is 6.08. The lowest BCUT2D eigenvalue weighted by atomic mass is 10.0. The SMILES string of the molecule is Cc1cc(C)c(C(=O)P(=O)(CC(=O)OCC(C)C)C(=O)c2c(C)cc(C)cc2C)c(C)c1. The molecule has 0 spiro atoms. The lowest BCUT2D eigenvalue weighted by Crippen LogP contribution is -2.23. The molecule has 0 saturated heterocycles. The van der Waals surface area contributed by atoms with Crippen molar-refractivity contribution in [2.24, 2.45) is 5.92 Å². The quantitative estimate of drug-likeness (QED) is 0.355. The number of hydrogen-bond acceptors (Lipinski definition) is 5. The summed E-state index contributed by atoms with van der Waals surface area (Å²) in [6, 6.07) is 7.26. The molecular formula is C26H33O5P. The van der Waals surface area contributed by atoms with E-state index in [2.05, 4.69) is 0 Å². The van der Waals surface area contributed by atoms with Crippen molar-refractivity contribution >= 4 is 24.2 Å². The van der Waals surface area contributed by atoms with E-state index in [1.165, 1.54) is 0 Å². The maximum Gasteiger partial charge on any atom is 0.314 e. The van der Waals surface area contributed by atoms with Crippen molar-refractivity contribution in [2.45, 2.75) is 55.4 Å². The average molecular weight is 457 g/mol. The summed E-state index contributed by atoms with van der Waals surface area (Å²) in [5, 5.41) is 0. The molecule has 0 radical (unpaired) electrons. The molecule has 32 heavy (non-hydrogen) atoms. The first kappa shape index (κ1) is 25.7. The first-order chi connectivity index (χ1) is 14.8. The van der Waals surface area contributed by atoms with Crippen LogP contribution in [-0.2, 0) is 14.1 Å². The Morgan fingerprint density at radius 2 is 1.09 bits per heavy atom. The molecule has 0 heterocycles. The minimum Gasteiger partial charge on any atom is -0.465 e. The number of hydrogen-bond donors (Lipinski definition) is 0. The van der Waals surface area contributed by atoms with Crippen LogP contribution in [0.25, 0.3) is 0 Å². The van der Waals surface area contributed by atoms with E-state index in [0.29, 0.717) is 22.3 Å². The van der Waals surface area contributed by atoms with Crippen molar-refractivity contribution in [3.05, 3.63) is 68.8 Å². The van der Waals surface area contributed by atoms with Crippen molar-refractivity contribution in [1.29, 1.82) is 0 Å². The Kier molecular flexibility index (Phi) is 8.01. The van der Waals surface area contributed by atoms with Crippen LogP contribution >= 0.6 is 7.14 Å². The molecule has 2 aromatic rings. The first-order valence-electron chi connectivity index (χ1n) is 10.8. The summed E-state index contributed by atoms with van der Waals surface area (Å²) >= 11 is 0. The molecule has 2 rings (SSSR count). The van der Waals surface area contributed by atoms with Crippen LogP contribution in [0.5, 0.6) is 0 Å². The van der Waals surface area contributed by atoms with Crippen molar-refractivity contribution in [3.8, 4) is 0 Å². The van der Waals surface area contributed by atoms with E-state index in [9.17, 15) is 18.9 Å². The normalized spacial score (nSPS) is 11.5. The topological polar surface area (TPSA) is 77.5 Å². The zero-order valence-corrected chi connectivity index (χ0v) is 21.2. The number of carbonyl (C=O) groups excluding carboxylic acids is 3. The van der Waals surface area contributed by atoms with Gasteiger partial charge >= 0.3 is 5.97 Å². The van der Waals surface area contributed by atoms with Crippen LogP contribution in [0.4, 0.5) is 0 Å². The smallest absolute Gasteiger partial charge is 0.314 e.